The Balaban J connectivity index is 2.40. The number of hydrogen-bond acceptors (Lipinski definition) is 2. The topological polar surface area (TPSA) is 34.1 Å². The van der Waals surface area contributed by atoms with E-state index in [0.29, 0.717) is 12.2 Å². The molecule has 1 aliphatic rings. The molecule has 0 bridgehead atoms. The molecule has 1 aromatic rings. The molecule has 114 valence electrons. The van der Waals surface area contributed by atoms with Gasteiger partial charge in [0.1, 0.15) is 5.78 Å². The fourth-order valence-corrected chi connectivity index (χ4v) is 3.56. The maximum atomic E-state index is 13.0. The highest BCUT2D eigenvalue weighted by molar-refractivity contribution is 5.99. The molecule has 0 radical (unpaired) electrons. The van der Waals surface area contributed by atoms with Crippen molar-refractivity contribution in [2.24, 2.45) is 29.1 Å². The molecule has 0 N–H and O–H groups in total. The van der Waals surface area contributed by atoms with Crippen molar-refractivity contribution >= 4 is 11.6 Å². The van der Waals surface area contributed by atoms with Crippen molar-refractivity contribution in [2.75, 3.05) is 0 Å². The summed E-state index contributed by atoms with van der Waals surface area (Å²) < 4.78 is 0. The molecule has 4 atom stereocenters. The molecule has 1 saturated carbocycles. The smallest absolute Gasteiger partial charge is 0.166 e. The fourth-order valence-electron chi connectivity index (χ4n) is 3.56. The zero-order valence-corrected chi connectivity index (χ0v) is 13.7. The van der Waals surface area contributed by atoms with Crippen molar-refractivity contribution in [3.05, 3.63) is 35.9 Å². The number of carbonyl (C=O) groups is 2. The Kier molecular flexibility index (Phi) is 4.36. The van der Waals surface area contributed by atoms with Gasteiger partial charge in [-0.25, -0.2) is 0 Å². The van der Waals surface area contributed by atoms with Gasteiger partial charge in [-0.05, 0) is 17.3 Å². The highest BCUT2D eigenvalue weighted by Crippen LogP contribution is 2.46. The molecule has 0 aromatic heterocycles. The zero-order chi connectivity index (χ0) is 15.8. The summed E-state index contributed by atoms with van der Waals surface area (Å²) in [5.41, 5.74) is 0.726. The van der Waals surface area contributed by atoms with E-state index < -0.39 is 0 Å². The van der Waals surface area contributed by atoms with Crippen molar-refractivity contribution in [3.63, 3.8) is 0 Å². The van der Waals surface area contributed by atoms with Crippen molar-refractivity contribution in [1.82, 2.24) is 0 Å². The second-order valence-electron chi connectivity index (χ2n) is 7.55. The second kappa shape index (κ2) is 5.75. The zero-order valence-electron chi connectivity index (χ0n) is 13.7. The van der Waals surface area contributed by atoms with Crippen LogP contribution in [-0.4, -0.2) is 11.6 Å². The van der Waals surface area contributed by atoms with Crippen LogP contribution in [0.1, 0.15) is 51.4 Å². The van der Waals surface area contributed by atoms with Crippen LogP contribution in [0.25, 0.3) is 0 Å². The molecular formula is C19H26O2. The Labute approximate surface area is 127 Å². The maximum Gasteiger partial charge on any atom is 0.166 e. The molecular weight excluding hydrogens is 260 g/mol. The van der Waals surface area contributed by atoms with Crippen LogP contribution < -0.4 is 0 Å². The van der Waals surface area contributed by atoms with Crippen LogP contribution in [0.3, 0.4) is 0 Å². The van der Waals surface area contributed by atoms with Gasteiger partial charge in [0.15, 0.2) is 5.78 Å². The number of rotatable bonds is 2. The first-order valence-electron chi connectivity index (χ1n) is 7.85. The molecule has 0 spiro atoms. The van der Waals surface area contributed by atoms with E-state index in [4.69, 9.17) is 0 Å². The summed E-state index contributed by atoms with van der Waals surface area (Å²) in [5.74, 6) is 0.621. The molecule has 1 aliphatic carbocycles. The minimum Gasteiger partial charge on any atom is -0.299 e. The molecule has 0 aliphatic heterocycles. The minimum atomic E-state index is -0.0694. The number of Topliss-reactive ketones (excluding diaryl/α,β-unsaturated/α-hetero) is 2. The molecule has 0 unspecified atom stereocenters. The van der Waals surface area contributed by atoms with Crippen LogP contribution in [0.5, 0.6) is 0 Å². The first kappa shape index (κ1) is 15.9. The van der Waals surface area contributed by atoms with Crippen LogP contribution in [-0.2, 0) is 4.79 Å². The van der Waals surface area contributed by atoms with E-state index in [9.17, 15) is 9.59 Å². The predicted molar refractivity (Wildman–Crippen MR) is 85.2 cm³/mol. The van der Waals surface area contributed by atoms with E-state index in [0.717, 1.165) is 5.56 Å². The molecule has 0 saturated heterocycles. The second-order valence-corrected chi connectivity index (χ2v) is 7.55. The minimum absolute atomic E-state index is 0.0266. The van der Waals surface area contributed by atoms with Gasteiger partial charge in [0.05, 0.1) is 0 Å². The molecule has 2 nitrogen and oxygen atoms in total. The Morgan fingerprint density at radius 1 is 1.10 bits per heavy atom. The summed E-state index contributed by atoms with van der Waals surface area (Å²) >= 11 is 0. The van der Waals surface area contributed by atoms with E-state index in [1.807, 2.05) is 37.3 Å². The SMILES string of the molecule is C[C@@H]1[C@H](C(=O)c2ccccc2)[C@H](C(C)(C)C)CC(=O)[C@H]1C. The Morgan fingerprint density at radius 3 is 2.19 bits per heavy atom. The summed E-state index contributed by atoms with van der Waals surface area (Å²) in [7, 11) is 0. The quantitative estimate of drug-likeness (QED) is 0.755. The van der Waals surface area contributed by atoms with E-state index in [2.05, 4.69) is 27.7 Å². The highest BCUT2D eigenvalue weighted by atomic mass is 16.1. The number of benzene rings is 1. The van der Waals surface area contributed by atoms with Gasteiger partial charge in [0.2, 0.25) is 0 Å². The van der Waals surface area contributed by atoms with Gasteiger partial charge < -0.3 is 0 Å². The third-order valence-electron chi connectivity index (χ3n) is 5.19. The normalized spacial score (nSPS) is 30.2. The molecule has 2 rings (SSSR count). The van der Waals surface area contributed by atoms with Gasteiger partial charge in [-0.15, -0.1) is 0 Å². The summed E-state index contributed by atoms with van der Waals surface area (Å²) in [6.07, 6.45) is 0.526. The molecule has 2 heteroatoms. The molecule has 1 fully saturated rings. The highest BCUT2D eigenvalue weighted by Gasteiger charge is 2.47. The third-order valence-corrected chi connectivity index (χ3v) is 5.19. The van der Waals surface area contributed by atoms with Crippen LogP contribution in [0, 0.1) is 29.1 Å². The lowest BCUT2D eigenvalue weighted by atomic mass is 9.58. The Hall–Kier alpha value is -1.44. The first-order valence-corrected chi connectivity index (χ1v) is 7.85. The van der Waals surface area contributed by atoms with E-state index in [-0.39, 0.29) is 34.9 Å². The van der Waals surface area contributed by atoms with E-state index in [1.165, 1.54) is 0 Å². The standard InChI is InChI=1S/C19H26O2/c1-12-13(2)17(15(11-16(12)20)19(3,4)5)18(21)14-9-7-6-8-10-14/h6-10,12-13,15,17H,11H2,1-5H3/t12-,13-,15+,17-/m0/s1. The fraction of sp³-hybridized carbons (Fsp3) is 0.579. The van der Waals surface area contributed by atoms with Crippen molar-refractivity contribution in [1.29, 1.82) is 0 Å². The number of hydrogen-bond donors (Lipinski definition) is 0. The van der Waals surface area contributed by atoms with E-state index in [1.54, 1.807) is 0 Å². The Morgan fingerprint density at radius 2 is 1.67 bits per heavy atom. The lowest BCUT2D eigenvalue weighted by molar-refractivity contribution is -0.131. The van der Waals surface area contributed by atoms with E-state index >= 15 is 0 Å². The molecule has 21 heavy (non-hydrogen) atoms. The van der Waals surface area contributed by atoms with Gasteiger partial charge in [-0.3, -0.25) is 9.59 Å². The number of carbonyl (C=O) groups excluding carboxylic acids is 2. The average Bonchev–Trinajstić information content (AvgIpc) is 2.43. The summed E-state index contributed by atoms with van der Waals surface area (Å²) in [6.45, 7) is 10.4. The van der Waals surface area contributed by atoms with Crippen molar-refractivity contribution in [3.8, 4) is 0 Å². The van der Waals surface area contributed by atoms with Crippen LogP contribution >= 0.6 is 0 Å². The third kappa shape index (κ3) is 3.09. The molecule has 1 aromatic carbocycles. The van der Waals surface area contributed by atoms with Crippen molar-refractivity contribution < 1.29 is 9.59 Å². The maximum absolute atomic E-state index is 13.0. The molecule has 0 heterocycles. The lowest BCUT2D eigenvalue weighted by Gasteiger charge is -2.44. The van der Waals surface area contributed by atoms with Gasteiger partial charge in [-0.1, -0.05) is 65.0 Å². The van der Waals surface area contributed by atoms with Crippen molar-refractivity contribution in [2.45, 2.75) is 41.0 Å². The first-order chi connectivity index (χ1) is 9.73. The average molecular weight is 286 g/mol. The van der Waals surface area contributed by atoms with Gasteiger partial charge in [0, 0.05) is 23.8 Å². The molecule has 0 amide bonds. The van der Waals surface area contributed by atoms with Gasteiger partial charge in [0.25, 0.3) is 0 Å². The van der Waals surface area contributed by atoms with Gasteiger partial charge in [-0.2, -0.15) is 0 Å². The van der Waals surface area contributed by atoms with Crippen LogP contribution in [0.15, 0.2) is 30.3 Å². The summed E-state index contributed by atoms with van der Waals surface area (Å²) in [6, 6.07) is 9.50. The summed E-state index contributed by atoms with van der Waals surface area (Å²) in [4.78, 5) is 25.3. The van der Waals surface area contributed by atoms with Crippen LogP contribution in [0.4, 0.5) is 0 Å². The monoisotopic (exact) mass is 286 g/mol. The van der Waals surface area contributed by atoms with Gasteiger partial charge >= 0.3 is 0 Å². The number of ketones is 2. The predicted octanol–water partition coefficient (Wildman–Crippen LogP) is 4.39. The summed E-state index contributed by atoms with van der Waals surface area (Å²) in [5, 5.41) is 0. The largest absolute Gasteiger partial charge is 0.299 e. The van der Waals surface area contributed by atoms with Crippen LogP contribution in [0.2, 0.25) is 0 Å². The lowest BCUT2D eigenvalue weighted by Crippen LogP contribution is -2.46. The Bertz CT molecular complexity index is 524.